The van der Waals surface area contributed by atoms with E-state index >= 15 is 0 Å². The number of hydrogen-bond donors (Lipinski definition) is 1. The molecule has 0 heterocycles. The normalized spacial score (nSPS) is 12.9. The summed E-state index contributed by atoms with van der Waals surface area (Å²) in [6.45, 7) is 2.75. The van der Waals surface area contributed by atoms with Gasteiger partial charge in [0.05, 0.1) is 13.2 Å². The lowest BCUT2D eigenvalue weighted by Gasteiger charge is -2.19. The summed E-state index contributed by atoms with van der Waals surface area (Å²) in [7, 11) is 0. The molecule has 1 atom stereocenters. The zero-order valence-corrected chi connectivity index (χ0v) is 14.8. The Morgan fingerprint density at radius 3 is 2.19 bits per heavy atom. The number of alkyl halides is 3. The molecule has 0 saturated heterocycles. The third-order valence-electron chi connectivity index (χ3n) is 3.21. The maximum absolute atomic E-state index is 12.7. The van der Waals surface area contributed by atoms with Crippen molar-refractivity contribution in [3.8, 4) is 0 Å². The summed E-state index contributed by atoms with van der Waals surface area (Å²) in [5.41, 5.74) is -0.597. The smallest absolute Gasteiger partial charge is 0.410 e. The molecule has 9 heteroatoms. The molecule has 1 amide bonds. The van der Waals surface area contributed by atoms with Gasteiger partial charge in [-0.05, 0) is 26.0 Å². The molecule has 27 heavy (non-hydrogen) atoms. The zero-order chi connectivity index (χ0) is 20.4. The van der Waals surface area contributed by atoms with Gasteiger partial charge in [0.15, 0.2) is 0 Å². The number of amides is 1. The third kappa shape index (κ3) is 7.93. The van der Waals surface area contributed by atoms with E-state index in [-0.39, 0.29) is 24.9 Å². The molecule has 0 aliphatic heterocycles. The number of nitrogens with one attached hydrogen (secondary N) is 1. The summed E-state index contributed by atoms with van der Waals surface area (Å²) in [6, 6.07) is 6.29. The topological polar surface area (TPSA) is 81.7 Å². The highest BCUT2D eigenvalue weighted by molar-refractivity contribution is 5.97. The first kappa shape index (κ1) is 22.2. The lowest BCUT2D eigenvalue weighted by atomic mass is 10.0. The summed E-state index contributed by atoms with van der Waals surface area (Å²) in [5.74, 6) is -2.87. The highest BCUT2D eigenvalue weighted by Gasteiger charge is 2.32. The van der Waals surface area contributed by atoms with Gasteiger partial charge in [-0.15, -0.1) is 0 Å². The van der Waals surface area contributed by atoms with Crippen molar-refractivity contribution in [3.05, 3.63) is 47.5 Å². The molecule has 1 aromatic rings. The molecule has 148 valence electrons. The van der Waals surface area contributed by atoms with Crippen molar-refractivity contribution >= 4 is 17.8 Å². The molecule has 6 nitrogen and oxygen atoms in total. The van der Waals surface area contributed by atoms with Crippen LogP contribution in [0.2, 0.25) is 0 Å². The van der Waals surface area contributed by atoms with Crippen molar-refractivity contribution in [3.63, 3.8) is 0 Å². The average Bonchev–Trinajstić information content (AvgIpc) is 2.60. The van der Waals surface area contributed by atoms with Crippen LogP contribution in [0.1, 0.15) is 30.6 Å². The van der Waals surface area contributed by atoms with Crippen LogP contribution in [0, 0.1) is 0 Å². The van der Waals surface area contributed by atoms with E-state index in [1.165, 1.54) is 26.0 Å². The van der Waals surface area contributed by atoms with Gasteiger partial charge in [0.25, 0.3) is 5.91 Å². The fraction of sp³-hybridized carbons (Fsp3) is 0.389. The van der Waals surface area contributed by atoms with Gasteiger partial charge < -0.3 is 14.8 Å². The Kier molecular flexibility index (Phi) is 8.50. The third-order valence-corrected chi connectivity index (χ3v) is 3.21. The van der Waals surface area contributed by atoms with Gasteiger partial charge in [-0.3, -0.25) is 4.79 Å². The van der Waals surface area contributed by atoms with Crippen LogP contribution < -0.4 is 5.32 Å². The van der Waals surface area contributed by atoms with Gasteiger partial charge in [0.1, 0.15) is 6.04 Å². The number of esters is 2. The number of rotatable bonds is 8. The van der Waals surface area contributed by atoms with E-state index < -0.39 is 42.1 Å². The SMILES string of the molecule is CCOC(=O)/C(=C\C(F)(F)F)C[C@@H](NC(=O)c1ccccc1)C(=O)OCC. The summed E-state index contributed by atoms with van der Waals surface area (Å²) >= 11 is 0. The van der Waals surface area contributed by atoms with Crippen molar-refractivity contribution in [1.29, 1.82) is 0 Å². The average molecular weight is 387 g/mol. The Hall–Kier alpha value is -2.84. The summed E-state index contributed by atoms with van der Waals surface area (Å²) < 4.78 is 47.6. The molecule has 1 N–H and O–H groups in total. The molecule has 0 spiro atoms. The van der Waals surface area contributed by atoms with E-state index in [2.05, 4.69) is 10.1 Å². The number of carbonyl (C=O) groups is 3. The fourth-order valence-electron chi connectivity index (χ4n) is 2.11. The molecular formula is C18H20F3NO5. The first-order valence-corrected chi connectivity index (χ1v) is 8.16. The predicted octanol–water partition coefficient (Wildman–Crippen LogP) is 2.79. The van der Waals surface area contributed by atoms with E-state index in [1.807, 2.05) is 0 Å². The van der Waals surface area contributed by atoms with Gasteiger partial charge in [-0.25, -0.2) is 9.59 Å². The molecule has 0 radical (unpaired) electrons. The van der Waals surface area contributed by atoms with E-state index in [9.17, 15) is 27.6 Å². The molecule has 0 fully saturated rings. The van der Waals surface area contributed by atoms with Crippen LogP contribution in [0.25, 0.3) is 0 Å². The Bertz CT molecular complexity index is 686. The second kappa shape index (κ2) is 10.3. The van der Waals surface area contributed by atoms with Crippen LogP contribution in [-0.4, -0.2) is 43.3 Å². The molecule has 1 rings (SSSR count). The van der Waals surface area contributed by atoms with E-state index in [1.54, 1.807) is 18.2 Å². The van der Waals surface area contributed by atoms with Crippen LogP contribution in [-0.2, 0) is 19.1 Å². The summed E-state index contributed by atoms with van der Waals surface area (Å²) in [4.78, 5) is 36.2. The monoisotopic (exact) mass is 387 g/mol. The molecule has 0 aliphatic carbocycles. The first-order chi connectivity index (χ1) is 12.7. The van der Waals surface area contributed by atoms with E-state index in [0.717, 1.165) is 0 Å². The standard InChI is InChI=1S/C18H20F3NO5/c1-3-26-16(24)13(11-18(19,20)21)10-14(17(25)27-4-2)22-15(23)12-8-6-5-7-9-12/h5-9,11,14H,3-4,10H2,1-2H3,(H,22,23)/b13-11-/t14-/m1/s1. The maximum Gasteiger partial charge on any atom is 0.410 e. The van der Waals surface area contributed by atoms with Crippen LogP contribution in [0.15, 0.2) is 42.0 Å². The largest absolute Gasteiger partial charge is 0.464 e. The molecule has 0 aromatic heterocycles. The Balaban J connectivity index is 3.10. The number of carbonyl (C=O) groups excluding carboxylic acids is 3. The number of allylic oxidation sites excluding steroid dienone is 1. The minimum absolute atomic E-state index is 0.0474. The van der Waals surface area contributed by atoms with Crippen molar-refractivity contribution in [1.82, 2.24) is 5.32 Å². The Labute approximate surface area is 154 Å². The Morgan fingerprint density at radius 1 is 1.07 bits per heavy atom. The lowest BCUT2D eigenvalue weighted by Crippen LogP contribution is -2.42. The van der Waals surface area contributed by atoms with Crippen molar-refractivity contribution in [2.24, 2.45) is 0 Å². The number of halogens is 3. The molecule has 0 bridgehead atoms. The number of hydrogen-bond acceptors (Lipinski definition) is 5. The highest BCUT2D eigenvalue weighted by atomic mass is 19.4. The van der Waals surface area contributed by atoms with E-state index in [4.69, 9.17) is 4.74 Å². The first-order valence-electron chi connectivity index (χ1n) is 8.16. The minimum atomic E-state index is -4.80. The Morgan fingerprint density at radius 2 is 1.67 bits per heavy atom. The van der Waals surface area contributed by atoms with Crippen molar-refractivity contribution in [2.45, 2.75) is 32.5 Å². The number of benzene rings is 1. The van der Waals surface area contributed by atoms with Crippen LogP contribution in [0.4, 0.5) is 13.2 Å². The van der Waals surface area contributed by atoms with Gasteiger partial charge in [0.2, 0.25) is 0 Å². The van der Waals surface area contributed by atoms with Gasteiger partial charge in [0, 0.05) is 23.6 Å². The van der Waals surface area contributed by atoms with Gasteiger partial charge >= 0.3 is 18.1 Å². The summed E-state index contributed by atoms with van der Waals surface area (Å²) in [5, 5.41) is 2.30. The van der Waals surface area contributed by atoms with E-state index in [0.29, 0.717) is 0 Å². The summed E-state index contributed by atoms with van der Waals surface area (Å²) in [6.07, 6.45) is -5.77. The molecular weight excluding hydrogens is 367 g/mol. The number of ether oxygens (including phenoxy) is 2. The maximum atomic E-state index is 12.7. The molecule has 0 saturated carbocycles. The van der Waals surface area contributed by atoms with Crippen LogP contribution >= 0.6 is 0 Å². The van der Waals surface area contributed by atoms with Gasteiger partial charge in [-0.1, -0.05) is 18.2 Å². The predicted molar refractivity (Wildman–Crippen MR) is 89.7 cm³/mol. The van der Waals surface area contributed by atoms with Crippen LogP contribution in [0.3, 0.4) is 0 Å². The zero-order valence-electron chi connectivity index (χ0n) is 14.8. The highest BCUT2D eigenvalue weighted by Crippen LogP contribution is 2.22. The fourth-order valence-corrected chi connectivity index (χ4v) is 2.11. The quantitative estimate of drug-likeness (QED) is 0.548. The second-order valence-electron chi connectivity index (χ2n) is 5.28. The van der Waals surface area contributed by atoms with Gasteiger partial charge in [-0.2, -0.15) is 13.2 Å². The van der Waals surface area contributed by atoms with Crippen LogP contribution in [0.5, 0.6) is 0 Å². The van der Waals surface area contributed by atoms with Crippen molar-refractivity contribution in [2.75, 3.05) is 13.2 Å². The molecule has 1 aromatic carbocycles. The molecule has 0 unspecified atom stereocenters. The molecule has 0 aliphatic rings. The minimum Gasteiger partial charge on any atom is -0.464 e. The lowest BCUT2D eigenvalue weighted by molar-refractivity contribution is -0.145. The van der Waals surface area contributed by atoms with Crippen molar-refractivity contribution < 1.29 is 37.0 Å². The second-order valence-corrected chi connectivity index (χ2v) is 5.28.